The zero-order chi connectivity index (χ0) is 13.9. The number of amides is 1. The second-order valence-electron chi connectivity index (χ2n) is 3.78. The maximum Gasteiger partial charge on any atom is 0.296 e. The first-order chi connectivity index (χ1) is 9.72. The quantitative estimate of drug-likeness (QED) is 0.801. The summed E-state index contributed by atoms with van der Waals surface area (Å²) in [6.07, 6.45) is 0. The van der Waals surface area contributed by atoms with E-state index in [1.807, 2.05) is 0 Å². The number of rotatable bonds is 3. The first-order valence-electron chi connectivity index (χ1n) is 5.52. The number of hydrogen-bond donors (Lipinski definition) is 1. The fourth-order valence-electron chi connectivity index (χ4n) is 1.55. The molecule has 20 heavy (non-hydrogen) atoms. The topological polar surface area (TPSA) is 80.9 Å². The zero-order valence-electron chi connectivity index (χ0n) is 9.91. The number of hydrogen-bond acceptors (Lipinski definition) is 6. The molecule has 1 aromatic carbocycles. The standard InChI is InChI=1S/C12H7FN4O2S/c13-8-3-1-2-7(4-8)9-5-10(19-17-9)11(18)15-12-16-14-6-20-12/h1-6H,(H,15,16,18). The van der Waals surface area contributed by atoms with E-state index in [2.05, 4.69) is 20.7 Å². The van der Waals surface area contributed by atoms with Gasteiger partial charge < -0.3 is 4.52 Å². The summed E-state index contributed by atoms with van der Waals surface area (Å²) in [5, 5.41) is 13.9. The summed E-state index contributed by atoms with van der Waals surface area (Å²) in [5.74, 6) is -0.860. The highest BCUT2D eigenvalue weighted by Crippen LogP contribution is 2.20. The van der Waals surface area contributed by atoms with Gasteiger partial charge in [0.05, 0.1) is 0 Å². The third-order valence-corrected chi connectivity index (χ3v) is 3.04. The normalized spacial score (nSPS) is 10.4. The molecule has 0 fully saturated rings. The number of carbonyl (C=O) groups is 1. The molecule has 0 unspecified atom stereocenters. The van der Waals surface area contributed by atoms with Gasteiger partial charge in [0.15, 0.2) is 0 Å². The molecule has 6 nitrogen and oxygen atoms in total. The number of halogens is 1. The summed E-state index contributed by atoms with van der Waals surface area (Å²) >= 11 is 1.19. The summed E-state index contributed by atoms with van der Waals surface area (Å²) in [6, 6.07) is 7.30. The van der Waals surface area contributed by atoms with Crippen LogP contribution in [0.25, 0.3) is 11.3 Å². The van der Waals surface area contributed by atoms with Gasteiger partial charge in [0.2, 0.25) is 10.9 Å². The summed E-state index contributed by atoms with van der Waals surface area (Å²) in [6.45, 7) is 0. The van der Waals surface area contributed by atoms with Crippen LogP contribution in [0.5, 0.6) is 0 Å². The number of aromatic nitrogens is 3. The van der Waals surface area contributed by atoms with Crippen LogP contribution in [0.1, 0.15) is 10.6 Å². The Labute approximate surface area is 116 Å². The van der Waals surface area contributed by atoms with E-state index in [-0.39, 0.29) is 11.6 Å². The minimum absolute atomic E-state index is 0.0134. The first-order valence-corrected chi connectivity index (χ1v) is 6.40. The van der Waals surface area contributed by atoms with Crippen LogP contribution in [-0.4, -0.2) is 21.3 Å². The minimum atomic E-state index is -0.489. The Kier molecular flexibility index (Phi) is 3.21. The van der Waals surface area contributed by atoms with Gasteiger partial charge in [0, 0.05) is 11.6 Å². The van der Waals surface area contributed by atoms with Gasteiger partial charge in [-0.25, -0.2) is 4.39 Å². The van der Waals surface area contributed by atoms with Crippen molar-refractivity contribution in [3.63, 3.8) is 0 Å². The predicted molar refractivity (Wildman–Crippen MR) is 69.8 cm³/mol. The molecule has 0 aliphatic heterocycles. The molecule has 2 aromatic heterocycles. The van der Waals surface area contributed by atoms with Crippen molar-refractivity contribution in [1.82, 2.24) is 15.4 Å². The molecule has 0 saturated carbocycles. The van der Waals surface area contributed by atoms with Crippen molar-refractivity contribution in [2.75, 3.05) is 5.32 Å². The van der Waals surface area contributed by atoms with Crippen LogP contribution in [0.2, 0.25) is 0 Å². The molecule has 0 atom stereocenters. The fraction of sp³-hybridized carbons (Fsp3) is 0. The Morgan fingerprint density at radius 2 is 2.25 bits per heavy atom. The number of nitrogens with one attached hydrogen (secondary N) is 1. The van der Waals surface area contributed by atoms with Crippen LogP contribution in [0.15, 0.2) is 40.4 Å². The molecular formula is C12H7FN4O2S. The van der Waals surface area contributed by atoms with Gasteiger partial charge in [-0.2, -0.15) is 0 Å². The third-order valence-electron chi connectivity index (χ3n) is 2.43. The fourth-order valence-corrected chi connectivity index (χ4v) is 1.99. The van der Waals surface area contributed by atoms with Crippen molar-refractivity contribution in [1.29, 1.82) is 0 Å². The average Bonchev–Trinajstić information content (AvgIpc) is 3.09. The smallest absolute Gasteiger partial charge is 0.296 e. The predicted octanol–water partition coefficient (Wildman–Crippen LogP) is 2.58. The van der Waals surface area contributed by atoms with Crippen molar-refractivity contribution in [2.45, 2.75) is 0 Å². The van der Waals surface area contributed by atoms with Crippen molar-refractivity contribution in [2.24, 2.45) is 0 Å². The van der Waals surface area contributed by atoms with E-state index in [0.29, 0.717) is 16.4 Å². The van der Waals surface area contributed by atoms with Crippen LogP contribution in [-0.2, 0) is 0 Å². The third kappa shape index (κ3) is 2.54. The molecule has 0 radical (unpaired) electrons. The Morgan fingerprint density at radius 3 is 3.00 bits per heavy atom. The van der Waals surface area contributed by atoms with Gasteiger partial charge in [-0.05, 0) is 12.1 Å². The zero-order valence-corrected chi connectivity index (χ0v) is 10.7. The first kappa shape index (κ1) is 12.4. The molecule has 1 amide bonds. The second-order valence-corrected chi connectivity index (χ2v) is 4.62. The molecular weight excluding hydrogens is 283 g/mol. The molecule has 0 spiro atoms. The van der Waals surface area contributed by atoms with Crippen LogP contribution in [0.3, 0.4) is 0 Å². The lowest BCUT2D eigenvalue weighted by Crippen LogP contribution is -2.10. The van der Waals surface area contributed by atoms with Gasteiger partial charge in [0.1, 0.15) is 17.0 Å². The number of anilines is 1. The lowest BCUT2D eigenvalue weighted by Gasteiger charge is -1.95. The van der Waals surface area contributed by atoms with Crippen LogP contribution < -0.4 is 5.32 Å². The second kappa shape index (κ2) is 5.17. The highest BCUT2D eigenvalue weighted by Gasteiger charge is 2.15. The number of benzene rings is 1. The van der Waals surface area contributed by atoms with Gasteiger partial charge >= 0.3 is 0 Å². The maximum absolute atomic E-state index is 13.1. The monoisotopic (exact) mass is 290 g/mol. The van der Waals surface area contributed by atoms with E-state index < -0.39 is 5.91 Å². The molecule has 0 aliphatic rings. The van der Waals surface area contributed by atoms with Crippen molar-refractivity contribution in [3.8, 4) is 11.3 Å². The highest BCUT2D eigenvalue weighted by atomic mass is 32.1. The molecule has 3 rings (SSSR count). The van der Waals surface area contributed by atoms with Crippen molar-refractivity contribution >= 4 is 22.4 Å². The lowest BCUT2D eigenvalue weighted by molar-refractivity contribution is 0.0988. The van der Waals surface area contributed by atoms with Crippen molar-refractivity contribution < 1.29 is 13.7 Å². The summed E-state index contributed by atoms with van der Waals surface area (Å²) in [7, 11) is 0. The van der Waals surface area contributed by atoms with Crippen LogP contribution in [0.4, 0.5) is 9.52 Å². The largest absolute Gasteiger partial charge is 0.350 e. The van der Waals surface area contributed by atoms with E-state index in [1.165, 1.54) is 35.0 Å². The number of carbonyl (C=O) groups excluding carboxylic acids is 1. The molecule has 0 saturated heterocycles. The van der Waals surface area contributed by atoms with E-state index >= 15 is 0 Å². The molecule has 8 heteroatoms. The molecule has 0 aliphatic carbocycles. The summed E-state index contributed by atoms with van der Waals surface area (Å²) in [5.41, 5.74) is 2.41. The number of nitrogens with zero attached hydrogens (tertiary/aromatic N) is 3. The van der Waals surface area contributed by atoms with E-state index in [9.17, 15) is 9.18 Å². The van der Waals surface area contributed by atoms with Crippen LogP contribution >= 0.6 is 11.3 Å². The van der Waals surface area contributed by atoms with Gasteiger partial charge in [-0.1, -0.05) is 28.6 Å². The van der Waals surface area contributed by atoms with Gasteiger partial charge in [-0.15, -0.1) is 10.2 Å². The molecule has 1 N–H and O–H groups in total. The minimum Gasteiger partial charge on any atom is -0.350 e. The maximum atomic E-state index is 13.1. The molecule has 3 aromatic rings. The Balaban J connectivity index is 1.81. The summed E-state index contributed by atoms with van der Waals surface area (Å²) in [4.78, 5) is 11.8. The molecule has 100 valence electrons. The molecule has 0 bridgehead atoms. The highest BCUT2D eigenvalue weighted by molar-refractivity contribution is 7.13. The van der Waals surface area contributed by atoms with Gasteiger partial charge in [-0.3, -0.25) is 10.1 Å². The molecule has 2 heterocycles. The Hall–Kier alpha value is -2.61. The summed E-state index contributed by atoms with van der Waals surface area (Å²) < 4.78 is 18.1. The average molecular weight is 290 g/mol. The Morgan fingerprint density at radius 1 is 1.35 bits per heavy atom. The van der Waals surface area contributed by atoms with E-state index in [1.54, 1.807) is 12.1 Å². The Bertz CT molecular complexity index is 742. The lowest BCUT2D eigenvalue weighted by atomic mass is 10.1. The van der Waals surface area contributed by atoms with E-state index in [4.69, 9.17) is 4.52 Å². The SMILES string of the molecule is O=C(Nc1nncs1)c1cc(-c2cccc(F)c2)no1. The van der Waals surface area contributed by atoms with Gasteiger partial charge in [0.25, 0.3) is 5.91 Å². The van der Waals surface area contributed by atoms with Crippen LogP contribution in [0, 0.1) is 5.82 Å². The van der Waals surface area contributed by atoms with E-state index in [0.717, 1.165) is 0 Å². The van der Waals surface area contributed by atoms with Crippen molar-refractivity contribution in [3.05, 3.63) is 47.4 Å².